The summed E-state index contributed by atoms with van der Waals surface area (Å²) in [7, 11) is 1.56. The summed E-state index contributed by atoms with van der Waals surface area (Å²) < 4.78 is 46.4. The lowest BCUT2D eigenvalue weighted by atomic mass is 9.93. The topological polar surface area (TPSA) is 68.9 Å². The number of aliphatic imine (C=N–C) groups is 1. The first-order valence-electron chi connectivity index (χ1n) is 12.4. The molecule has 3 aromatic carbocycles. The van der Waals surface area contributed by atoms with E-state index >= 15 is 0 Å². The largest absolute Gasteiger partial charge is 0.493 e. The van der Waals surface area contributed by atoms with Gasteiger partial charge in [-0.3, -0.25) is 9.89 Å². The van der Waals surface area contributed by atoms with Gasteiger partial charge >= 0.3 is 12.2 Å². The molecule has 0 saturated carbocycles. The van der Waals surface area contributed by atoms with E-state index in [4.69, 9.17) is 38.2 Å². The van der Waals surface area contributed by atoms with Crippen LogP contribution in [-0.2, 0) is 6.18 Å². The molecule has 3 aromatic rings. The molecule has 1 heterocycles. The van der Waals surface area contributed by atoms with Gasteiger partial charge in [0.2, 0.25) is 0 Å². The van der Waals surface area contributed by atoms with Crippen molar-refractivity contribution in [2.45, 2.75) is 31.6 Å². The lowest BCUT2D eigenvalue weighted by molar-refractivity contribution is -0.137. The van der Waals surface area contributed by atoms with Crippen LogP contribution in [0, 0.1) is 11.3 Å². The predicted molar refractivity (Wildman–Crippen MR) is 148 cm³/mol. The van der Waals surface area contributed by atoms with Gasteiger partial charge in [0.05, 0.1) is 36.3 Å². The van der Waals surface area contributed by atoms with Gasteiger partial charge in [-0.2, -0.15) is 18.4 Å². The van der Waals surface area contributed by atoms with Gasteiger partial charge in [0.25, 0.3) is 0 Å². The molecule has 0 N–H and O–H groups in total. The number of carbonyl (C=O) groups is 1. The lowest BCUT2D eigenvalue weighted by Gasteiger charge is -2.33. The van der Waals surface area contributed by atoms with Gasteiger partial charge in [0.15, 0.2) is 0 Å². The molecule has 0 saturated heterocycles. The number of hydrogen-bond acceptors (Lipinski definition) is 4. The van der Waals surface area contributed by atoms with Crippen LogP contribution in [0.3, 0.4) is 0 Å². The molecule has 0 bridgehead atoms. The van der Waals surface area contributed by atoms with E-state index in [2.05, 4.69) is 0 Å². The van der Waals surface area contributed by atoms with E-state index in [1.54, 1.807) is 62.5 Å². The Kier molecular flexibility index (Phi) is 8.92. The summed E-state index contributed by atoms with van der Waals surface area (Å²) in [5.41, 5.74) is 0.787. The second kappa shape index (κ2) is 12.2. The highest BCUT2D eigenvalue weighted by Crippen LogP contribution is 2.46. The third kappa shape index (κ3) is 6.19. The quantitative estimate of drug-likeness (QED) is 0.281. The molecule has 0 aliphatic carbocycles. The molecule has 1 aliphatic heterocycles. The molecule has 0 fully saturated rings. The van der Waals surface area contributed by atoms with Crippen LogP contribution >= 0.6 is 23.2 Å². The van der Waals surface area contributed by atoms with Crippen molar-refractivity contribution in [3.05, 3.63) is 99.0 Å². The molecule has 40 heavy (non-hydrogen) atoms. The highest BCUT2D eigenvalue weighted by atomic mass is 35.5. The molecule has 0 aromatic heterocycles. The van der Waals surface area contributed by atoms with Crippen molar-refractivity contribution in [2.24, 2.45) is 4.99 Å². The van der Waals surface area contributed by atoms with Gasteiger partial charge in [-0.1, -0.05) is 47.5 Å². The second-order valence-corrected chi connectivity index (χ2v) is 9.94. The van der Waals surface area contributed by atoms with Crippen molar-refractivity contribution in [3.8, 4) is 11.8 Å². The predicted octanol–water partition coefficient (Wildman–Crippen LogP) is 7.92. The number of alkyl halides is 3. The Bertz CT molecular complexity index is 1440. The first-order valence-corrected chi connectivity index (χ1v) is 13.1. The molecule has 208 valence electrons. The van der Waals surface area contributed by atoms with Crippen LogP contribution in [0.5, 0.6) is 5.75 Å². The minimum absolute atomic E-state index is 0.0554. The summed E-state index contributed by atoms with van der Waals surface area (Å²) in [6.45, 7) is 1.90. The molecule has 2 amide bonds. The first-order chi connectivity index (χ1) is 19.0. The third-order valence-electron chi connectivity index (χ3n) is 6.43. The maximum absolute atomic E-state index is 14.0. The maximum Gasteiger partial charge on any atom is 0.416 e. The fourth-order valence-electron chi connectivity index (χ4n) is 4.51. The second-order valence-electron chi connectivity index (χ2n) is 9.07. The van der Waals surface area contributed by atoms with Gasteiger partial charge in [0, 0.05) is 23.6 Å². The van der Waals surface area contributed by atoms with Crippen LogP contribution in [0.4, 0.5) is 18.0 Å². The van der Waals surface area contributed by atoms with E-state index in [-0.39, 0.29) is 36.7 Å². The molecule has 2 atom stereocenters. The Labute approximate surface area is 240 Å². The number of benzene rings is 3. The van der Waals surface area contributed by atoms with Crippen molar-refractivity contribution in [1.82, 2.24) is 9.80 Å². The van der Waals surface area contributed by atoms with Crippen molar-refractivity contribution in [2.75, 3.05) is 20.2 Å². The molecule has 4 rings (SSSR count). The number of nitrogens with zero attached hydrogens (tertiary/aromatic N) is 4. The molecule has 11 heteroatoms. The van der Waals surface area contributed by atoms with Crippen molar-refractivity contribution in [3.63, 3.8) is 0 Å². The van der Waals surface area contributed by atoms with Crippen LogP contribution in [0.2, 0.25) is 10.0 Å². The van der Waals surface area contributed by atoms with E-state index in [9.17, 15) is 18.0 Å². The van der Waals surface area contributed by atoms with E-state index in [0.717, 1.165) is 17.7 Å². The van der Waals surface area contributed by atoms with Crippen LogP contribution in [0.25, 0.3) is 0 Å². The Morgan fingerprint density at radius 3 is 2.20 bits per heavy atom. The fourth-order valence-corrected chi connectivity index (χ4v) is 4.76. The van der Waals surface area contributed by atoms with Crippen LogP contribution in [0.1, 0.15) is 47.7 Å². The minimum Gasteiger partial charge on any atom is -0.493 e. The van der Waals surface area contributed by atoms with Gasteiger partial charge in [-0.25, -0.2) is 4.79 Å². The molecular formula is C29H25Cl2F3N4O2. The third-order valence-corrected chi connectivity index (χ3v) is 6.94. The van der Waals surface area contributed by atoms with Crippen molar-refractivity contribution in [1.29, 1.82) is 5.26 Å². The zero-order chi connectivity index (χ0) is 29.0. The van der Waals surface area contributed by atoms with Crippen LogP contribution in [-0.4, -0.2) is 41.9 Å². The van der Waals surface area contributed by atoms with Crippen LogP contribution < -0.4 is 4.74 Å². The zero-order valence-corrected chi connectivity index (χ0v) is 23.1. The van der Waals surface area contributed by atoms with Crippen molar-refractivity contribution >= 4 is 35.1 Å². The molecule has 2 unspecified atom stereocenters. The van der Waals surface area contributed by atoms with E-state index in [1.165, 1.54) is 15.9 Å². The number of carbonyl (C=O) groups excluding carboxylic acids is 1. The standard InChI is InChI=1S/C29H25Cl2F3N4O2/c1-3-40-24-17-20(29(32,33)34)9-14-23(24)27-36-25(18-5-10-21(30)11-6-18)26(19-7-12-22(31)13-8-19)38(27)28(39)37(2)16-4-15-35/h5-14,17,25-26H,3-4,16H2,1-2H3. The summed E-state index contributed by atoms with van der Waals surface area (Å²) in [6.07, 6.45) is -4.49. The summed E-state index contributed by atoms with van der Waals surface area (Å²) in [5, 5.41) is 10.1. The Morgan fingerprint density at radius 2 is 1.65 bits per heavy atom. The van der Waals surface area contributed by atoms with E-state index in [1.807, 2.05) is 6.07 Å². The Morgan fingerprint density at radius 1 is 1.05 bits per heavy atom. The number of nitriles is 1. The normalized spacial score (nSPS) is 16.9. The Balaban J connectivity index is 1.95. The Hall–Kier alpha value is -3.74. The first kappa shape index (κ1) is 29.2. The molecule has 0 radical (unpaired) electrons. The van der Waals surface area contributed by atoms with Gasteiger partial charge < -0.3 is 9.64 Å². The van der Waals surface area contributed by atoms with E-state index in [0.29, 0.717) is 15.6 Å². The summed E-state index contributed by atoms with van der Waals surface area (Å²) >= 11 is 12.3. The number of halogens is 5. The number of amidine groups is 1. The highest BCUT2D eigenvalue weighted by Gasteiger charge is 2.44. The zero-order valence-electron chi connectivity index (χ0n) is 21.6. The number of hydrogen-bond donors (Lipinski definition) is 0. The van der Waals surface area contributed by atoms with Crippen molar-refractivity contribution < 1.29 is 22.7 Å². The summed E-state index contributed by atoms with van der Waals surface area (Å²) in [6, 6.07) is 17.3. The minimum atomic E-state index is -4.59. The number of amides is 2. The van der Waals surface area contributed by atoms with Crippen LogP contribution in [0.15, 0.2) is 71.7 Å². The fraction of sp³-hybridized carbons (Fsp3) is 0.276. The number of urea groups is 1. The summed E-state index contributed by atoms with van der Waals surface area (Å²) in [5.74, 6) is 0.0889. The molecule has 6 nitrogen and oxygen atoms in total. The highest BCUT2D eigenvalue weighted by molar-refractivity contribution is 6.30. The van der Waals surface area contributed by atoms with E-state index < -0.39 is 29.9 Å². The summed E-state index contributed by atoms with van der Waals surface area (Å²) in [4.78, 5) is 21.8. The average molecular weight is 589 g/mol. The number of rotatable bonds is 7. The molecular weight excluding hydrogens is 564 g/mol. The van der Waals surface area contributed by atoms with Gasteiger partial charge in [0.1, 0.15) is 17.6 Å². The smallest absolute Gasteiger partial charge is 0.416 e. The SMILES string of the molecule is CCOc1cc(C(F)(F)F)ccc1C1=NC(c2ccc(Cl)cc2)C(c2ccc(Cl)cc2)N1C(=O)N(C)CCC#N. The monoisotopic (exact) mass is 588 g/mol. The van der Waals surface area contributed by atoms with Gasteiger partial charge in [-0.15, -0.1) is 0 Å². The molecule has 1 aliphatic rings. The lowest BCUT2D eigenvalue weighted by Crippen LogP contribution is -2.45. The van der Waals surface area contributed by atoms with Gasteiger partial charge in [-0.05, 0) is 60.5 Å². The average Bonchev–Trinajstić information content (AvgIpc) is 3.32. The maximum atomic E-state index is 14.0. The molecule has 0 spiro atoms. The number of ether oxygens (including phenoxy) is 1.